The molecule has 0 aromatic heterocycles. The topological polar surface area (TPSA) is 63.2 Å². The number of hydrogen-bond acceptors (Lipinski definition) is 3. The van der Waals surface area contributed by atoms with E-state index in [0.717, 1.165) is 0 Å². The van der Waals surface area contributed by atoms with Crippen LogP contribution in [0.15, 0.2) is 24.3 Å². The molecule has 1 N–H and O–H groups in total. The second-order valence-corrected chi connectivity index (χ2v) is 5.69. The first-order valence-corrected chi connectivity index (χ1v) is 6.74. The van der Waals surface area contributed by atoms with E-state index < -0.39 is 10.0 Å². The van der Waals surface area contributed by atoms with Gasteiger partial charge in [0.05, 0.1) is 12.3 Å². The molecule has 0 heterocycles. The third-order valence-electron chi connectivity index (χ3n) is 2.00. The van der Waals surface area contributed by atoms with Gasteiger partial charge in [-0.1, -0.05) is 11.6 Å². The van der Waals surface area contributed by atoms with Crippen molar-refractivity contribution in [2.75, 3.05) is 12.3 Å². The molecule has 0 atom stereocenters. The van der Waals surface area contributed by atoms with E-state index in [2.05, 4.69) is 4.72 Å². The van der Waals surface area contributed by atoms with Crippen molar-refractivity contribution < 1.29 is 13.2 Å². The van der Waals surface area contributed by atoms with Crippen molar-refractivity contribution in [2.24, 2.45) is 0 Å². The molecular weight excluding hydrogens is 250 g/mol. The van der Waals surface area contributed by atoms with Crippen molar-refractivity contribution in [3.8, 4) is 0 Å². The number of Topliss-reactive ketones (excluding diaryl/α,β-unsaturated/α-hetero) is 1. The molecule has 0 amide bonds. The van der Waals surface area contributed by atoms with Crippen LogP contribution in [0.3, 0.4) is 0 Å². The molecule has 6 heteroatoms. The van der Waals surface area contributed by atoms with Crippen LogP contribution in [0, 0.1) is 0 Å². The zero-order chi connectivity index (χ0) is 12.2. The van der Waals surface area contributed by atoms with Crippen LogP contribution in [0.1, 0.15) is 17.3 Å². The van der Waals surface area contributed by atoms with E-state index in [0.29, 0.717) is 10.6 Å². The number of nitrogens with one attached hydrogen (secondary N) is 1. The Morgan fingerprint density at radius 1 is 1.31 bits per heavy atom. The highest BCUT2D eigenvalue weighted by Gasteiger charge is 2.10. The minimum atomic E-state index is -3.33. The monoisotopic (exact) mass is 261 g/mol. The highest BCUT2D eigenvalue weighted by atomic mass is 35.5. The molecule has 0 fully saturated rings. The fourth-order valence-corrected chi connectivity index (χ4v) is 1.70. The van der Waals surface area contributed by atoms with Crippen LogP contribution in [-0.2, 0) is 10.0 Å². The average Bonchev–Trinajstić information content (AvgIpc) is 2.27. The van der Waals surface area contributed by atoms with Gasteiger partial charge in [-0.2, -0.15) is 0 Å². The molecule has 16 heavy (non-hydrogen) atoms. The predicted octanol–water partition coefficient (Wildman–Crippen LogP) is 1.46. The summed E-state index contributed by atoms with van der Waals surface area (Å²) in [4.78, 5) is 11.5. The lowest BCUT2D eigenvalue weighted by molar-refractivity contribution is 0.0997. The van der Waals surface area contributed by atoms with Crippen LogP contribution in [0.4, 0.5) is 0 Å². The second-order valence-electron chi connectivity index (χ2n) is 3.15. The van der Waals surface area contributed by atoms with Crippen LogP contribution in [0.5, 0.6) is 0 Å². The van der Waals surface area contributed by atoms with E-state index in [4.69, 9.17) is 11.6 Å². The summed E-state index contributed by atoms with van der Waals surface area (Å²) in [7, 11) is -3.33. The molecule has 0 aliphatic heterocycles. The molecule has 1 aromatic carbocycles. The maximum Gasteiger partial charge on any atom is 0.211 e. The molecule has 0 aliphatic carbocycles. The van der Waals surface area contributed by atoms with Crippen LogP contribution in [-0.4, -0.2) is 26.5 Å². The van der Waals surface area contributed by atoms with E-state index >= 15 is 0 Å². The average molecular weight is 262 g/mol. The predicted molar refractivity (Wildman–Crippen MR) is 63.2 cm³/mol. The molecule has 0 radical (unpaired) electrons. The first-order valence-electron chi connectivity index (χ1n) is 4.70. The molecule has 1 rings (SSSR count). The summed E-state index contributed by atoms with van der Waals surface area (Å²) >= 11 is 5.67. The van der Waals surface area contributed by atoms with E-state index in [9.17, 15) is 13.2 Å². The van der Waals surface area contributed by atoms with Crippen molar-refractivity contribution in [1.82, 2.24) is 4.72 Å². The summed E-state index contributed by atoms with van der Waals surface area (Å²) < 4.78 is 24.4. The molecule has 0 unspecified atom stereocenters. The molecule has 1 aromatic rings. The van der Waals surface area contributed by atoms with Crippen molar-refractivity contribution in [3.05, 3.63) is 34.9 Å². The zero-order valence-electron chi connectivity index (χ0n) is 8.73. The largest absolute Gasteiger partial charge is 0.293 e. The molecule has 4 nitrogen and oxygen atoms in total. The normalized spacial score (nSPS) is 11.4. The summed E-state index contributed by atoms with van der Waals surface area (Å²) in [6, 6.07) is 6.29. The van der Waals surface area contributed by atoms with Crippen LogP contribution in [0.25, 0.3) is 0 Å². The lowest BCUT2D eigenvalue weighted by atomic mass is 10.1. The van der Waals surface area contributed by atoms with Gasteiger partial charge in [0.1, 0.15) is 0 Å². The number of carbonyl (C=O) groups is 1. The van der Waals surface area contributed by atoms with Crippen LogP contribution >= 0.6 is 11.6 Å². The minimum absolute atomic E-state index is 0.0408. The molecule has 0 bridgehead atoms. The Bertz CT molecular complexity index is 467. The maximum absolute atomic E-state index is 11.5. The quantitative estimate of drug-likeness (QED) is 0.817. The van der Waals surface area contributed by atoms with Crippen molar-refractivity contribution in [2.45, 2.75) is 6.92 Å². The van der Waals surface area contributed by atoms with Gasteiger partial charge in [0.2, 0.25) is 10.0 Å². The first kappa shape index (κ1) is 13.2. The number of rotatable bonds is 5. The fourth-order valence-electron chi connectivity index (χ4n) is 1.02. The number of hydrogen-bond donors (Lipinski definition) is 1. The van der Waals surface area contributed by atoms with Gasteiger partial charge in [0.15, 0.2) is 5.78 Å². The van der Waals surface area contributed by atoms with Gasteiger partial charge in [-0.15, -0.1) is 0 Å². The lowest BCUT2D eigenvalue weighted by Crippen LogP contribution is -2.30. The minimum Gasteiger partial charge on any atom is -0.293 e. The summed E-state index contributed by atoms with van der Waals surface area (Å²) in [5.41, 5.74) is 0.434. The smallest absolute Gasteiger partial charge is 0.211 e. The van der Waals surface area contributed by atoms with Gasteiger partial charge in [-0.25, -0.2) is 13.1 Å². The van der Waals surface area contributed by atoms with Crippen molar-refractivity contribution >= 4 is 27.4 Å². The van der Waals surface area contributed by atoms with Gasteiger partial charge in [-0.3, -0.25) is 4.79 Å². The first-order chi connectivity index (χ1) is 7.44. The summed E-state index contributed by atoms with van der Waals surface area (Å²) in [5.74, 6) is -0.324. The van der Waals surface area contributed by atoms with Gasteiger partial charge in [-0.05, 0) is 31.2 Å². The van der Waals surface area contributed by atoms with Crippen molar-refractivity contribution in [3.63, 3.8) is 0 Å². The standard InChI is InChI=1S/C10H12ClNO3S/c1-2-16(14,15)12-7-10(13)8-3-5-9(11)6-4-8/h3-6,12H,2,7H2,1H3. The lowest BCUT2D eigenvalue weighted by Gasteiger charge is -2.03. The Labute approximate surface area is 99.7 Å². The Hall–Kier alpha value is -0.910. The van der Waals surface area contributed by atoms with E-state index in [1.807, 2.05) is 0 Å². The second kappa shape index (κ2) is 5.43. The third kappa shape index (κ3) is 3.92. The molecule has 0 aliphatic rings. The Kier molecular flexibility index (Phi) is 4.46. The Morgan fingerprint density at radius 3 is 2.38 bits per heavy atom. The van der Waals surface area contributed by atoms with E-state index in [1.165, 1.54) is 6.92 Å². The SMILES string of the molecule is CCS(=O)(=O)NCC(=O)c1ccc(Cl)cc1. The van der Waals surface area contributed by atoms with Gasteiger partial charge < -0.3 is 0 Å². The summed E-state index contributed by atoms with van der Waals surface area (Å²) in [6.45, 7) is 1.28. The number of carbonyl (C=O) groups excluding carboxylic acids is 1. The zero-order valence-corrected chi connectivity index (χ0v) is 10.3. The fraction of sp³-hybridized carbons (Fsp3) is 0.300. The highest BCUT2D eigenvalue weighted by molar-refractivity contribution is 7.89. The Balaban J connectivity index is 2.63. The van der Waals surface area contributed by atoms with Crippen LogP contribution in [0.2, 0.25) is 5.02 Å². The maximum atomic E-state index is 11.5. The molecule has 0 spiro atoms. The van der Waals surface area contributed by atoms with Crippen molar-refractivity contribution in [1.29, 1.82) is 0 Å². The van der Waals surface area contributed by atoms with Gasteiger partial charge >= 0.3 is 0 Å². The van der Waals surface area contributed by atoms with Gasteiger partial charge in [0.25, 0.3) is 0 Å². The molecular formula is C10H12ClNO3S. The summed E-state index contributed by atoms with van der Waals surface area (Å²) in [6.07, 6.45) is 0. The number of benzene rings is 1. The van der Waals surface area contributed by atoms with Crippen LogP contribution < -0.4 is 4.72 Å². The van der Waals surface area contributed by atoms with E-state index in [1.54, 1.807) is 24.3 Å². The summed E-state index contributed by atoms with van der Waals surface area (Å²) in [5, 5.41) is 0.533. The number of ketones is 1. The molecule has 0 saturated heterocycles. The number of halogens is 1. The molecule has 0 saturated carbocycles. The number of sulfonamides is 1. The van der Waals surface area contributed by atoms with Gasteiger partial charge in [0, 0.05) is 10.6 Å². The highest BCUT2D eigenvalue weighted by Crippen LogP contribution is 2.09. The Morgan fingerprint density at radius 2 is 1.88 bits per heavy atom. The van der Waals surface area contributed by atoms with E-state index in [-0.39, 0.29) is 18.1 Å². The molecule has 88 valence electrons. The third-order valence-corrected chi connectivity index (χ3v) is 3.60.